The molecule has 0 radical (unpaired) electrons. The zero-order valence-electron chi connectivity index (χ0n) is 36.1. The molecule has 0 aliphatic rings. The van der Waals surface area contributed by atoms with E-state index in [1.165, 1.54) is 20.2 Å². The summed E-state index contributed by atoms with van der Waals surface area (Å²) < 4.78 is 89.1. The highest BCUT2D eigenvalue weighted by atomic mass is 32.1. The standard InChI is InChI=1S/C45H28N4S/c1-3-13-29(14-4-1)43-46-44(30-15-5-2-6-16-30)48-45(47-43)32-25-26-36-35-19-7-9-22-38(35)49(39(36)28-32)33-18-11-17-31(27-33)34-21-12-24-41-42(34)37-20-8-10-23-40(37)50-41/h1-28H/i1D,2D,3D,4D,5D,6D,13D,14D,15D,16D. The van der Waals surface area contributed by atoms with Gasteiger partial charge < -0.3 is 4.57 Å². The zero-order valence-corrected chi connectivity index (χ0v) is 26.9. The molecule has 7 aromatic carbocycles. The molecule has 5 heteroatoms. The summed E-state index contributed by atoms with van der Waals surface area (Å²) in [5.41, 5.74) is 4.57. The third kappa shape index (κ3) is 4.71. The summed E-state index contributed by atoms with van der Waals surface area (Å²) in [5.74, 6) is -0.637. The average Bonchev–Trinajstić information content (AvgIpc) is 3.82. The van der Waals surface area contributed by atoms with Crippen LogP contribution in [0.5, 0.6) is 0 Å². The first-order valence-electron chi connectivity index (χ1n) is 20.9. The van der Waals surface area contributed by atoms with Crippen LogP contribution in [0.25, 0.3) is 93.0 Å². The summed E-state index contributed by atoms with van der Waals surface area (Å²) in [6, 6.07) is 30.9. The highest BCUT2D eigenvalue weighted by Gasteiger charge is 2.18. The van der Waals surface area contributed by atoms with Gasteiger partial charge in [-0.3, -0.25) is 0 Å². The summed E-state index contributed by atoms with van der Waals surface area (Å²) in [5, 5.41) is 4.31. The van der Waals surface area contributed by atoms with Crippen molar-refractivity contribution in [1.29, 1.82) is 0 Å². The monoisotopic (exact) mass is 666 g/mol. The topological polar surface area (TPSA) is 43.6 Å². The molecular formula is C45H28N4S. The molecule has 234 valence electrons. The fourth-order valence-electron chi connectivity index (χ4n) is 6.67. The van der Waals surface area contributed by atoms with Gasteiger partial charge in [-0.05, 0) is 47.5 Å². The molecule has 0 N–H and O–H groups in total. The highest BCUT2D eigenvalue weighted by Crippen LogP contribution is 2.41. The Morgan fingerprint density at radius 3 is 1.84 bits per heavy atom. The van der Waals surface area contributed by atoms with E-state index in [0.717, 1.165) is 38.6 Å². The van der Waals surface area contributed by atoms with Gasteiger partial charge in [0.2, 0.25) is 0 Å². The minimum atomic E-state index is -0.603. The van der Waals surface area contributed by atoms with Crippen LogP contribution in [-0.4, -0.2) is 19.5 Å². The minimum absolute atomic E-state index is 0.00269. The first-order chi connectivity index (χ1) is 28.9. The number of benzene rings is 7. The van der Waals surface area contributed by atoms with Crippen LogP contribution < -0.4 is 0 Å². The first-order valence-corrected chi connectivity index (χ1v) is 16.7. The molecule has 0 saturated carbocycles. The van der Waals surface area contributed by atoms with Gasteiger partial charge in [0.05, 0.1) is 24.7 Å². The lowest BCUT2D eigenvalue weighted by atomic mass is 9.99. The number of rotatable bonds is 5. The molecule has 0 saturated heterocycles. The lowest BCUT2D eigenvalue weighted by Crippen LogP contribution is -2.00. The molecule has 0 aliphatic carbocycles. The van der Waals surface area contributed by atoms with Gasteiger partial charge in [-0.25, -0.2) is 15.0 Å². The van der Waals surface area contributed by atoms with Crippen LogP contribution in [0.15, 0.2) is 170 Å². The zero-order chi connectivity index (χ0) is 41.7. The molecule has 50 heavy (non-hydrogen) atoms. The third-order valence-corrected chi connectivity index (χ3v) is 9.97. The largest absolute Gasteiger partial charge is 0.309 e. The van der Waals surface area contributed by atoms with Crippen molar-refractivity contribution < 1.29 is 13.7 Å². The molecule has 0 spiro atoms. The van der Waals surface area contributed by atoms with E-state index in [0.29, 0.717) is 5.56 Å². The maximum Gasteiger partial charge on any atom is 0.164 e. The predicted molar refractivity (Wildman–Crippen MR) is 209 cm³/mol. The molecule has 3 heterocycles. The lowest BCUT2D eigenvalue weighted by Gasteiger charge is -2.12. The third-order valence-electron chi connectivity index (χ3n) is 8.83. The Bertz CT molecular complexity index is 3330. The normalized spacial score (nSPS) is 14.4. The summed E-state index contributed by atoms with van der Waals surface area (Å²) in [6.07, 6.45) is 0. The molecule has 0 amide bonds. The van der Waals surface area contributed by atoms with Gasteiger partial charge in [0.1, 0.15) is 0 Å². The SMILES string of the molecule is [2H]c1c([2H])c([2H])c(-c2nc(-c3ccc4c5ccccc5n(-c5cccc(-c6cccc7sc8ccccc8c67)c5)c4c3)nc(-c3c([2H])c([2H])c([2H])c([2H])c3[2H])n2)c([2H])c1[2H]. The van der Waals surface area contributed by atoms with Crippen molar-refractivity contribution >= 4 is 53.3 Å². The van der Waals surface area contributed by atoms with Crippen LogP contribution in [-0.2, 0) is 0 Å². The number of hydrogen-bond acceptors (Lipinski definition) is 4. The van der Waals surface area contributed by atoms with Crippen molar-refractivity contribution in [2.45, 2.75) is 0 Å². The Hall–Kier alpha value is -6.43. The fraction of sp³-hybridized carbons (Fsp3) is 0. The number of para-hydroxylation sites is 1. The summed E-state index contributed by atoms with van der Waals surface area (Å²) >= 11 is 1.76. The second kappa shape index (κ2) is 11.6. The number of nitrogens with zero attached hydrogens (tertiary/aromatic N) is 4. The van der Waals surface area contributed by atoms with Crippen LogP contribution in [0.4, 0.5) is 0 Å². The molecule has 10 rings (SSSR count). The van der Waals surface area contributed by atoms with E-state index in [1.807, 2.05) is 48.5 Å². The smallest absolute Gasteiger partial charge is 0.164 e. The minimum Gasteiger partial charge on any atom is -0.309 e. The number of aromatic nitrogens is 4. The average molecular weight is 667 g/mol. The Labute approximate surface area is 306 Å². The maximum atomic E-state index is 8.72. The van der Waals surface area contributed by atoms with E-state index in [1.54, 1.807) is 17.4 Å². The van der Waals surface area contributed by atoms with Crippen LogP contribution in [0, 0.1) is 0 Å². The van der Waals surface area contributed by atoms with Crippen LogP contribution >= 0.6 is 11.3 Å². The second-order valence-electron chi connectivity index (χ2n) is 11.7. The van der Waals surface area contributed by atoms with Gasteiger partial charge in [-0.1, -0.05) is 133 Å². The molecule has 0 bridgehead atoms. The Kier molecular flexibility index (Phi) is 4.69. The van der Waals surface area contributed by atoms with E-state index < -0.39 is 60.4 Å². The van der Waals surface area contributed by atoms with Gasteiger partial charge in [0, 0.05) is 53.3 Å². The van der Waals surface area contributed by atoms with Crippen LogP contribution in [0.2, 0.25) is 0 Å². The maximum absolute atomic E-state index is 8.72. The van der Waals surface area contributed by atoms with E-state index >= 15 is 0 Å². The molecule has 0 atom stereocenters. The molecule has 3 aromatic heterocycles. The molecule has 10 aromatic rings. The molecule has 0 unspecified atom stereocenters. The van der Waals surface area contributed by atoms with E-state index in [4.69, 9.17) is 13.7 Å². The van der Waals surface area contributed by atoms with E-state index in [-0.39, 0.29) is 28.6 Å². The summed E-state index contributed by atoms with van der Waals surface area (Å²) in [4.78, 5) is 13.8. The van der Waals surface area contributed by atoms with Gasteiger partial charge in [0.15, 0.2) is 17.5 Å². The number of hydrogen-bond donors (Lipinski definition) is 0. The van der Waals surface area contributed by atoms with Crippen LogP contribution in [0.1, 0.15) is 13.7 Å². The van der Waals surface area contributed by atoms with Gasteiger partial charge in [0.25, 0.3) is 0 Å². The number of fused-ring (bicyclic) bond motifs is 6. The first kappa shape index (κ1) is 20.2. The number of thiophene rings is 1. The van der Waals surface area contributed by atoms with Gasteiger partial charge in [-0.15, -0.1) is 11.3 Å². The Balaban J connectivity index is 1.22. The van der Waals surface area contributed by atoms with E-state index in [9.17, 15) is 0 Å². The molecular weight excluding hydrogens is 629 g/mol. The van der Waals surface area contributed by atoms with Crippen molar-refractivity contribution in [2.75, 3.05) is 0 Å². The van der Waals surface area contributed by atoms with Gasteiger partial charge in [-0.2, -0.15) is 0 Å². The molecule has 4 nitrogen and oxygen atoms in total. The van der Waals surface area contributed by atoms with Crippen molar-refractivity contribution in [1.82, 2.24) is 19.5 Å². The summed E-state index contributed by atoms with van der Waals surface area (Å²) in [6.45, 7) is 0. The van der Waals surface area contributed by atoms with Crippen molar-refractivity contribution in [3.05, 3.63) is 170 Å². The van der Waals surface area contributed by atoms with Gasteiger partial charge >= 0.3 is 0 Å². The van der Waals surface area contributed by atoms with Crippen LogP contribution in [0.3, 0.4) is 0 Å². The van der Waals surface area contributed by atoms with Crippen molar-refractivity contribution in [3.8, 4) is 51.0 Å². The lowest BCUT2D eigenvalue weighted by molar-refractivity contribution is 1.07. The Morgan fingerprint density at radius 1 is 0.460 bits per heavy atom. The highest BCUT2D eigenvalue weighted by molar-refractivity contribution is 7.25. The van der Waals surface area contributed by atoms with Crippen molar-refractivity contribution in [3.63, 3.8) is 0 Å². The predicted octanol–water partition coefficient (Wildman–Crippen LogP) is 12.0. The molecule has 0 aliphatic heterocycles. The van der Waals surface area contributed by atoms with Crippen molar-refractivity contribution in [2.24, 2.45) is 0 Å². The fourth-order valence-corrected chi connectivity index (χ4v) is 7.80. The summed E-state index contributed by atoms with van der Waals surface area (Å²) in [7, 11) is 0. The Morgan fingerprint density at radius 2 is 1.08 bits per heavy atom. The second-order valence-corrected chi connectivity index (χ2v) is 12.8. The van der Waals surface area contributed by atoms with E-state index in [2.05, 4.69) is 74.1 Å². The molecule has 0 fully saturated rings. The quantitative estimate of drug-likeness (QED) is 0.184.